The van der Waals surface area contributed by atoms with E-state index in [1.807, 2.05) is 50.2 Å². The van der Waals surface area contributed by atoms with Gasteiger partial charge in [-0.25, -0.2) is 4.99 Å². The van der Waals surface area contributed by atoms with Gasteiger partial charge in [0.2, 0.25) is 5.91 Å². The number of rotatable bonds is 5. The number of anilines is 2. The molecule has 0 radical (unpaired) electrons. The summed E-state index contributed by atoms with van der Waals surface area (Å²) in [5.74, 6) is 0.0193. The van der Waals surface area contributed by atoms with Gasteiger partial charge in [-0.2, -0.15) is 0 Å². The predicted molar refractivity (Wildman–Crippen MR) is 100 cm³/mol. The number of amides is 1. The Labute approximate surface area is 143 Å². The number of guanidine groups is 1. The van der Waals surface area contributed by atoms with Gasteiger partial charge in [0.15, 0.2) is 5.96 Å². The first kappa shape index (κ1) is 17.5. The molecular formula is C19H24N4O. The van der Waals surface area contributed by atoms with E-state index >= 15 is 0 Å². The van der Waals surface area contributed by atoms with Crippen LogP contribution < -0.4 is 16.4 Å². The molecule has 0 saturated heterocycles. The maximum atomic E-state index is 12.0. The molecule has 24 heavy (non-hydrogen) atoms. The number of hydrogen-bond acceptors (Lipinski definition) is 2. The van der Waals surface area contributed by atoms with Crippen molar-refractivity contribution < 1.29 is 4.79 Å². The highest BCUT2D eigenvalue weighted by Crippen LogP contribution is 2.13. The average Bonchev–Trinajstić information content (AvgIpc) is 2.52. The fourth-order valence-corrected chi connectivity index (χ4v) is 2.46. The maximum absolute atomic E-state index is 12.0. The van der Waals surface area contributed by atoms with Gasteiger partial charge in [0.25, 0.3) is 0 Å². The monoisotopic (exact) mass is 324 g/mol. The minimum atomic E-state index is -0.201. The molecule has 0 atom stereocenters. The quantitative estimate of drug-likeness (QED) is 0.583. The zero-order valence-electron chi connectivity index (χ0n) is 14.4. The molecule has 0 fully saturated rings. The molecule has 0 saturated carbocycles. The Morgan fingerprint density at radius 3 is 2.42 bits per heavy atom. The van der Waals surface area contributed by atoms with Gasteiger partial charge in [-0.05, 0) is 61.2 Å². The van der Waals surface area contributed by atoms with Gasteiger partial charge in [-0.3, -0.25) is 4.79 Å². The lowest BCUT2D eigenvalue weighted by molar-refractivity contribution is -0.114. The van der Waals surface area contributed by atoms with Gasteiger partial charge in [0.1, 0.15) is 6.54 Å². The van der Waals surface area contributed by atoms with E-state index in [1.54, 1.807) is 0 Å². The smallest absolute Gasteiger partial charge is 0.246 e. The Morgan fingerprint density at radius 2 is 1.75 bits per heavy atom. The van der Waals surface area contributed by atoms with Gasteiger partial charge in [0.05, 0.1) is 0 Å². The Bertz CT molecular complexity index is 733. The van der Waals surface area contributed by atoms with Crippen LogP contribution in [-0.2, 0) is 11.2 Å². The van der Waals surface area contributed by atoms with Gasteiger partial charge in [-0.15, -0.1) is 0 Å². The summed E-state index contributed by atoms with van der Waals surface area (Å²) in [4.78, 5) is 16.1. The first-order valence-electron chi connectivity index (χ1n) is 8.00. The molecule has 126 valence electrons. The Morgan fingerprint density at radius 1 is 1.04 bits per heavy atom. The Hall–Kier alpha value is -2.82. The standard InChI is InChI=1S/C19H24N4O/c1-4-15-6-5-7-16(11-15)22-18(24)12-21-19(20)23-17-9-13(2)8-14(3)10-17/h5-11H,4,12H2,1-3H3,(H,22,24)(H3,20,21,23). The Balaban J connectivity index is 1.92. The first-order chi connectivity index (χ1) is 11.5. The second-order valence-corrected chi connectivity index (χ2v) is 5.80. The lowest BCUT2D eigenvalue weighted by Crippen LogP contribution is -2.25. The molecule has 0 aliphatic heterocycles. The molecule has 4 N–H and O–H groups in total. The van der Waals surface area contributed by atoms with Gasteiger partial charge >= 0.3 is 0 Å². The molecule has 1 amide bonds. The van der Waals surface area contributed by atoms with Crippen LogP contribution in [0.2, 0.25) is 0 Å². The molecular weight excluding hydrogens is 300 g/mol. The van der Waals surface area contributed by atoms with Crippen molar-refractivity contribution in [3.63, 3.8) is 0 Å². The third-order valence-electron chi connectivity index (χ3n) is 3.51. The number of nitrogens with zero attached hydrogens (tertiary/aromatic N) is 1. The first-order valence-corrected chi connectivity index (χ1v) is 8.00. The topological polar surface area (TPSA) is 79.5 Å². The Kier molecular flexibility index (Phi) is 5.95. The lowest BCUT2D eigenvalue weighted by atomic mass is 10.1. The third kappa shape index (κ3) is 5.43. The molecule has 0 bridgehead atoms. The summed E-state index contributed by atoms with van der Waals surface area (Å²) in [5, 5.41) is 5.83. The van der Waals surface area contributed by atoms with Crippen molar-refractivity contribution in [2.24, 2.45) is 10.7 Å². The summed E-state index contributed by atoms with van der Waals surface area (Å²) >= 11 is 0. The van der Waals surface area contributed by atoms with E-state index in [1.165, 1.54) is 5.56 Å². The van der Waals surface area contributed by atoms with Crippen molar-refractivity contribution in [2.75, 3.05) is 17.2 Å². The van der Waals surface area contributed by atoms with Crippen molar-refractivity contribution in [1.29, 1.82) is 0 Å². The lowest BCUT2D eigenvalue weighted by Gasteiger charge is -2.08. The van der Waals surface area contributed by atoms with E-state index in [0.717, 1.165) is 28.9 Å². The minimum Gasteiger partial charge on any atom is -0.370 e. The van der Waals surface area contributed by atoms with Crippen LogP contribution in [0.3, 0.4) is 0 Å². The van der Waals surface area contributed by atoms with Crippen LogP contribution >= 0.6 is 0 Å². The van der Waals surface area contributed by atoms with Crippen LogP contribution in [0.25, 0.3) is 0 Å². The second-order valence-electron chi connectivity index (χ2n) is 5.80. The summed E-state index contributed by atoms with van der Waals surface area (Å²) < 4.78 is 0. The molecule has 0 aliphatic rings. The number of nitrogens with two attached hydrogens (primary N) is 1. The highest BCUT2D eigenvalue weighted by molar-refractivity contribution is 5.97. The fraction of sp³-hybridized carbons (Fsp3) is 0.263. The summed E-state index contributed by atoms with van der Waals surface area (Å²) in [6, 6.07) is 13.8. The molecule has 2 rings (SSSR count). The number of carbonyl (C=O) groups is 1. The fourth-order valence-electron chi connectivity index (χ4n) is 2.46. The maximum Gasteiger partial charge on any atom is 0.246 e. The molecule has 5 heteroatoms. The highest BCUT2D eigenvalue weighted by Gasteiger charge is 2.03. The van der Waals surface area contributed by atoms with Crippen molar-refractivity contribution in [3.05, 3.63) is 59.2 Å². The number of nitrogens with one attached hydrogen (secondary N) is 2. The SMILES string of the molecule is CCc1cccc(NC(=O)CN=C(N)Nc2cc(C)cc(C)c2)c1. The van der Waals surface area contributed by atoms with Crippen LogP contribution in [-0.4, -0.2) is 18.4 Å². The largest absolute Gasteiger partial charge is 0.370 e. The van der Waals surface area contributed by atoms with Crippen LogP contribution in [0, 0.1) is 13.8 Å². The molecule has 0 spiro atoms. The van der Waals surface area contributed by atoms with Gasteiger partial charge < -0.3 is 16.4 Å². The molecule has 2 aromatic carbocycles. The summed E-state index contributed by atoms with van der Waals surface area (Å²) in [6.07, 6.45) is 0.925. The van der Waals surface area contributed by atoms with Crippen LogP contribution in [0.1, 0.15) is 23.6 Å². The number of aliphatic imine (C=N–C) groups is 1. The number of aryl methyl sites for hydroxylation is 3. The summed E-state index contributed by atoms with van der Waals surface area (Å²) in [7, 11) is 0. The normalized spacial score (nSPS) is 11.2. The van der Waals surface area contributed by atoms with Crippen molar-refractivity contribution in [3.8, 4) is 0 Å². The molecule has 0 unspecified atom stereocenters. The molecule has 0 aliphatic carbocycles. The van der Waals surface area contributed by atoms with E-state index in [4.69, 9.17) is 5.73 Å². The predicted octanol–water partition coefficient (Wildman–Crippen LogP) is 3.23. The van der Waals surface area contributed by atoms with Crippen LogP contribution in [0.15, 0.2) is 47.5 Å². The van der Waals surface area contributed by atoms with E-state index in [9.17, 15) is 4.79 Å². The zero-order valence-corrected chi connectivity index (χ0v) is 14.4. The van der Waals surface area contributed by atoms with Crippen LogP contribution in [0.5, 0.6) is 0 Å². The van der Waals surface area contributed by atoms with Crippen molar-refractivity contribution >= 4 is 23.2 Å². The van der Waals surface area contributed by atoms with E-state index in [-0.39, 0.29) is 18.4 Å². The van der Waals surface area contributed by atoms with Crippen LogP contribution in [0.4, 0.5) is 11.4 Å². The van der Waals surface area contributed by atoms with Crippen molar-refractivity contribution in [1.82, 2.24) is 0 Å². The van der Waals surface area contributed by atoms with Gasteiger partial charge in [0, 0.05) is 11.4 Å². The summed E-state index contributed by atoms with van der Waals surface area (Å²) in [5.41, 5.74) is 10.9. The molecule has 2 aromatic rings. The van der Waals surface area contributed by atoms with E-state index < -0.39 is 0 Å². The zero-order chi connectivity index (χ0) is 17.5. The minimum absolute atomic E-state index is 0.0278. The molecule has 5 nitrogen and oxygen atoms in total. The number of carbonyl (C=O) groups excluding carboxylic acids is 1. The molecule has 0 heterocycles. The van der Waals surface area contributed by atoms with E-state index in [2.05, 4.69) is 28.6 Å². The average molecular weight is 324 g/mol. The number of hydrogen-bond donors (Lipinski definition) is 3. The van der Waals surface area contributed by atoms with Crippen molar-refractivity contribution in [2.45, 2.75) is 27.2 Å². The number of benzene rings is 2. The van der Waals surface area contributed by atoms with E-state index in [0.29, 0.717) is 0 Å². The van der Waals surface area contributed by atoms with Gasteiger partial charge in [-0.1, -0.05) is 25.1 Å². The second kappa shape index (κ2) is 8.15. The highest BCUT2D eigenvalue weighted by atomic mass is 16.1. The third-order valence-corrected chi connectivity index (χ3v) is 3.51. The summed E-state index contributed by atoms with van der Waals surface area (Å²) in [6.45, 7) is 6.08. The molecule has 0 aromatic heterocycles.